The zero-order valence-electron chi connectivity index (χ0n) is 19.0. The van der Waals surface area contributed by atoms with Crippen LogP contribution in [0.2, 0.25) is 0 Å². The minimum absolute atomic E-state index is 0.0427. The summed E-state index contributed by atoms with van der Waals surface area (Å²) in [6.45, 7) is 4.05. The number of amides is 1. The van der Waals surface area contributed by atoms with E-state index in [1.165, 1.54) is 7.11 Å². The smallest absolute Gasteiger partial charge is 0.414 e. The maximum absolute atomic E-state index is 12.6. The van der Waals surface area contributed by atoms with Crippen molar-refractivity contribution >= 4 is 11.8 Å². The highest BCUT2D eigenvalue weighted by Gasteiger charge is 2.32. The van der Waals surface area contributed by atoms with E-state index in [-0.39, 0.29) is 12.1 Å². The summed E-state index contributed by atoms with van der Waals surface area (Å²) in [5.41, 5.74) is 3.74. The summed E-state index contributed by atoms with van der Waals surface area (Å²) >= 11 is 0. The lowest BCUT2D eigenvalue weighted by Crippen LogP contribution is -2.42. The van der Waals surface area contributed by atoms with Crippen LogP contribution in [0.15, 0.2) is 48.9 Å². The normalized spacial score (nSPS) is 18.6. The first-order valence-electron chi connectivity index (χ1n) is 11.5. The lowest BCUT2D eigenvalue weighted by atomic mass is 9.92. The van der Waals surface area contributed by atoms with E-state index in [0.29, 0.717) is 11.9 Å². The molecule has 2 aliphatic heterocycles. The molecule has 3 aromatic rings. The third-order valence-electron chi connectivity index (χ3n) is 6.56. The van der Waals surface area contributed by atoms with E-state index < -0.39 is 0 Å². The molecule has 0 radical (unpaired) electrons. The minimum Gasteiger partial charge on any atom is -0.452 e. The Bertz CT molecular complexity index is 1120. The minimum atomic E-state index is -0.362. The number of nitrogens with zero attached hydrogens (tertiary/aromatic N) is 4. The van der Waals surface area contributed by atoms with Gasteiger partial charge < -0.3 is 14.8 Å². The molecule has 8 nitrogen and oxygen atoms in total. The van der Waals surface area contributed by atoms with Crippen molar-refractivity contribution in [3.8, 4) is 22.8 Å². The van der Waals surface area contributed by atoms with Crippen LogP contribution in [0.1, 0.15) is 37.8 Å². The van der Waals surface area contributed by atoms with Crippen LogP contribution in [-0.2, 0) is 11.2 Å². The zero-order valence-corrected chi connectivity index (χ0v) is 19.0. The molecule has 5 rings (SSSR count). The first-order valence-corrected chi connectivity index (χ1v) is 11.5. The molecule has 33 heavy (non-hydrogen) atoms. The number of methoxy groups -OCH3 is 1. The van der Waals surface area contributed by atoms with Gasteiger partial charge in [-0.05, 0) is 63.9 Å². The van der Waals surface area contributed by atoms with Crippen LogP contribution < -0.4 is 15.0 Å². The van der Waals surface area contributed by atoms with Gasteiger partial charge in [-0.25, -0.2) is 9.78 Å². The van der Waals surface area contributed by atoms with Gasteiger partial charge in [-0.1, -0.05) is 6.07 Å². The number of hydrogen-bond donors (Lipinski definition) is 1. The summed E-state index contributed by atoms with van der Waals surface area (Å²) in [5, 5.41) is 8.08. The maximum Gasteiger partial charge on any atom is 0.414 e. The van der Waals surface area contributed by atoms with E-state index in [4.69, 9.17) is 9.47 Å². The molecule has 8 heteroatoms. The molecule has 172 valence electrons. The monoisotopic (exact) mass is 447 g/mol. The van der Waals surface area contributed by atoms with Crippen LogP contribution in [0, 0.1) is 0 Å². The molecule has 1 saturated heterocycles. The topological polar surface area (TPSA) is 81.5 Å². The number of pyridine rings is 1. The number of anilines is 1. The Hall–Kier alpha value is -3.39. The number of fused-ring (bicyclic) bond motifs is 1. The van der Waals surface area contributed by atoms with E-state index >= 15 is 0 Å². The van der Waals surface area contributed by atoms with Crippen molar-refractivity contribution < 1.29 is 14.3 Å². The molecule has 2 aromatic heterocycles. The van der Waals surface area contributed by atoms with Crippen LogP contribution in [-0.4, -0.2) is 47.1 Å². The first-order chi connectivity index (χ1) is 16.2. The second-order valence-electron chi connectivity index (χ2n) is 8.63. The summed E-state index contributed by atoms with van der Waals surface area (Å²) in [5.74, 6) is 1.23. The predicted octanol–water partition coefficient (Wildman–Crippen LogP) is 4.57. The van der Waals surface area contributed by atoms with Gasteiger partial charge in [0.25, 0.3) is 0 Å². The third-order valence-corrected chi connectivity index (χ3v) is 6.56. The molecule has 1 N–H and O–H groups in total. The fourth-order valence-electron chi connectivity index (χ4n) is 4.79. The number of hydrogen-bond acceptors (Lipinski definition) is 6. The molecule has 1 aromatic carbocycles. The van der Waals surface area contributed by atoms with E-state index in [1.54, 1.807) is 11.1 Å². The summed E-state index contributed by atoms with van der Waals surface area (Å²) in [6, 6.07) is 10.0. The fraction of sp³-hybridized carbons (Fsp3) is 0.400. The lowest BCUT2D eigenvalue weighted by molar-refractivity contribution is 0.175. The largest absolute Gasteiger partial charge is 0.452 e. The molecule has 4 heterocycles. The average molecular weight is 448 g/mol. The van der Waals surface area contributed by atoms with Crippen molar-refractivity contribution in [2.75, 3.05) is 25.1 Å². The SMILES string of the molecule is COC(=O)N1c2ccc(-c3cnn(C4CCNCC4)c3)c(Oc3ccccn3)c2CCC1C. The van der Waals surface area contributed by atoms with E-state index in [1.807, 2.05) is 43.5 Å². The molecule has 1 atom stereocenters. The molecule has 1 unspecified atom stereocenters. The Morgan fingerprint density at radius 2 is 2.00 bits per heavy atom. The Balaban J connectivity index is 1.59. The van der Waals surface area contributed by atoms with Crippen LogP contribution >= 0.6 is 0 Å². The summed E-state index contributed by atoms with van der Waals surface area (Å²) in [6.07, 6.45) is 9.09. The van der Waals surface area contributed by atoms with Crippen molar-refractivity contribution in [1.82, 2.24) is 20.1 Å². The third kappa shape index (κ3) is 4.18. The van der Waals surface area contributed by atoms with Crippen LogP contribution in [0.25, 0.3) is 11.1 Å². The number of benzene rings is 1. The van der Waals surface area contributed by atoms with E-state index in [0.717, 1.165) is 66.9 Å². The van der Waals surface area contributed by atoms with Crippen LogP contribution in [0.4, 0.5) is 10.5 Å². The van der Waals surface area contributed by atoms with Crippen molar-refractivity contribution in [3.63, 3.8) is 0 Å². The summed E-state index contributed by atoms with van der Waals surface area (Å²) in [4.78, 5) is 18.7. The number of carbonyl (C=O) groups is 1. The zero-order chi connectivity index (χ0) is 22.8. The van der Waals surface area contributed by atoms with Gasteiger partial charge in [-0.15, -0.1) is 0 Å². The number of piperidine rings is 1. The van der Waals surface area contributed by atoms with E-state index in [2.05, 4.69) is 26.3 Å². The van der Waals surface area contributed by atoms with Crippen molar-refractivity contribution in [2.24, 2.45) is 0 Å². The van der Waals surface area contributed by atoms with Gasteiger partial charge in [0.2, 0.25) is 5.88 Å². The molecule has 1 fully saturated rings. The Labute approximate surface area is 193 Å². The van der Waals surface area contributed by atoms with Crippen LogP contribution in [0.3, 0.4) is 0 Å². The number of ether oxygens (including phenoxy) is 2. The van der Waals surface area contributed by atoms with Gasteiger partial charge in [0.1, 0.15) is 5.75 Å². The molecular formula is C25H29N5O3. The molecule has 0 aliphatic carbocycles. The first kappa shape index (κ1) is 21.5. The van der Waals surface area contributed by atoms with Gasteiger partial charge >= 0.3 is 6.09 Å². The van der Waals surface area contributed by atoms with Gasteiger partial charge in [0.05, 0.1) is 25.0 Å². The highest BCUT2D eigenvalue weighted by molar-refractivity contribution is 5.92. The van der Waals surface area contributed by atoms with Crippen molar-refractivity contribution in [3.05, 3.63) is 54.5 Å². The number of rotatable bonds is 4. The second-order valence-corrected chi connectivity index (χ2v) is 8.63. The standard InChI is InChI=1S/C25H29N5O3/c1-17-6-7-21-22(30(17)25(31)32-2)9-8-20(24(21)33-23-5-3-4-12-27-23)18-15-28-29(16-18)19-10-13-26-14-11-19/h3-5,8-9,12,15-17,19,26H,6-7,10-11,13-14H2,1-2H3. The predicted molar refractivity (Wildman–Crippen MR) is 126 cm³/mol. The quantitative estimate of drug-likeness (QED) is 0.631. The van der Waals surface area contributed by atoms with E-state index in [9.17, 15) is 4.79 Å². The molecule has 0 spiro atoms. The Morgan fingerprint density at radius 1 is 1.15 bits per heavy atom. The fourth-order valence-corrected chi connectivity index (χ4v) is 4.79. The lowest BCUT2D eigenvalue weighted by Gasteiger charge is -2.35. The van der Waals surface area contributed by atoms with Crippen LogP contribution in [0.5, 0.6) is 11.6 Å². The maximum atomic E-state index is 12.6. The highest BCUT2D eigenvalue weighted by atomic mass is 16.5. The Kier molecular flexibility index (Phi) is 6.00. The molecule has 1 amide bonds. The summed E-state index contributed by atoms with van der Waals surface area (Å²) < 4.78 is 13.5. The molecular weight excluding hydrogens is 418 g/mol. The molecule has 0 bridgehead atoms. The summed E-state index contributed by atoms with van der Waals surface area (Å²) in [7, 11) is 1.41. The second kappa shape index (κ2) is 9.23. The number of carbonyl (C=O) groups excluding carboxylic acids is 1. The Morgan fingerprint density at radius 3 is 2.76 bits per heavy atom. The van der Waals surface area contributed by atoms with Gasteiger partial charge in [0.15, 0.2) is 0 Å². The highest BCUT2D eigenvalue weighted by Crippen LogP contribution is 2.44. The number of aromatic nitrogens is 3. The average Bonchev–Trinajstić information content (AvgIpc) is 3.35. The van der Waals surface area contributed by atoms with Gasteiger partial charge in [-0.3, -0.25) is 9.58 Å². The molecule has 2 aliphatic rings. The van der Waals surface area contributed by atoms with Crippen molar-refractivity contribution in [2.45, 2.75) is 44.7 Å². The molecule has 0 saturated carbocycles. The van der Waals surface area contributed by atoms with Gasteiger partial charge in [0, 0.05) is 41.2 Å². The van der Waals surface area contributed by atoms with Crippen molar-refractivity contribution in [1.29, 1.82) is 0 Å². The number of nitrogens with one attached hydrogen (secondary N) is 1. The van der Waals surface area contributed by atoms with Gasteiger partial charge in [-0.2, -0.15) is 5.10 Å².